The van der Waals surface area contributed by atoms with Crippen molar-refractivity contribution in [2.24, 2.45) is 0 Å². The minimum atomic E-state index is -0.399. The molecular formula is C12H9BrClNO3. The number of nitro groups is 1. The first-order chi connectivity index (χ1) is 8.59. The van der Waals surface area contributed by atoms with Gasteiger partial charge in [0.25, 0.3) is 5.69 Å². The van der Waals surface area contributed by atoms with Crippen LogP contribution in [0.3, 0.4) is 0 Å². The van der Waals surface area contributed by atoms with Crippen LogP contribution in [0.4, 0.5) is 5.69 Å². The fourth-order valence-corrected chi connectivity index (χ4v) is 2.68. The zero-order valence-electron chi connectivity index (χ0n) is 9.18. The highest BCUT2D eigenvalue weighted by atomic mass is 79.9. The van der Waals surface area contributed by atoms with Gasteiger partial charge in [-0.2, -0.15) is 0 Å². The first kappa shape index (κ1) is 13.1. The molecule has 0 N–H and O–H groups in total. The molecule has 0 spiro atoms. The van der Waals surface area contributed by atoms with Gasteiger partial charge in [-0.3, -0.25) is 10.1 Å². The van der Waals surface area contributed by atoms with Crippen molar-refractivity contribution in [3.8, 4) is 0 Å². The molecule has 18 heavy (non-hydrogen) atoms. The fourth-order valence-electron chi connectivity index (χ4n) is 1.69. The van der Waals surface area contributed by atoms with Crippen LogP contribution >= 0.6 is 27.5 Å². The summed E-state index contributed by atoms with van der Waals surface area (Å²) in [6, 6.07) is 8.33. The lowest BCUT2D eigenvalue weighted by Crippen LogP contribution is -2.00. The molecule has 2 aromatic rings. The summed E-state index contributed by atoms with van der Waals surface area (Å²) in [7, 11) is 0. The molecule has 1 aromatic carbocycles. The first-order valence-corrected chi connectivity index (χ1v) is 6.42. The number of hydrogen-bond donors (Lipinski definition) is 0. The van der Waals surface area contributed by atoms with Gasteiger partial charge in [0.2, 0.25) is 0 Å². The Morgan fingerprint density at radius 3 is 2.72 bits per heavy atom. The normalized spacial score (nSPS) is 12.3. The van der Waals surface area contributed by atoms with Gasteiger partial charge in [-0.05, 0) is 28.4 Å². The number of nitrogens with zero attached hydrogens (tertiary/aromatic N) is 1. The molecule has 4 nitrogen and oxygen atoms in total. The standard InChI is InChI=1S/C12H9BrClNO3/c13-12-9(5-6-18-12)10(14)7-8-3-1-2-4-11(8)15(16)17/h1-6,10H,7H2. The predicted molar refractivity (Wildman–Crippen MR) is 71.8 cm³/mol. The van der Waals surface area contributed by atoms with Crippen LogP contribution in [0.2, 0.25) is 0 Å². The second kappa shape index (κ2) is 5.54. The third kappa shape index (κ3) is 2.73. The van der Waals surface area contributed by atoms with Gasteiger partial charge in [0.05, 0.1) is 16.6 Å². The Morgan fingerprint density at radius 2 is 2.11 bits per heavy atom. The topological polar surface area (TPSA) is 56.3 Å². The molecule has 0 saturated heterocycles. The number of benzene rings is 1. The highest BCUT2D eigenvalue weighted by Crippen LogP contribution is 2.33. The van der Waals surface area contributed by atoms with Crippen molar-refractivity contribution in [2.75, 3.05) is 0 Å². The van der Waals surface area contributed by atoms with Crippen LogP contribution in [0.25, 0.3) is 0 Å². The van der Waals surface area contributed by atoms with Gasteiger partial charge in [-0.15, -0.1) is 11.6 Å². The average molecular weight is 331 g/mol. The maximum Gasteiger partial charge on any atom is 0.272 e. The van der Waals surface area contributed by atoms with Crippen molar-refractivity contribution in [1.29, 1.82) is 0 Å². The smallest absolute Gasteiger partial charge is 0.272 e. The molecular weight excluding hydrogens is 321 g/mol. The van der Waals surface area contributed by atoms with Crippen molar-refractivity contribution in [3.63, 3.8) is 0 Å². The SMILES string of the molecule is O=[N+]([O-])c1ccccc1CC(Cl)c1ccoc1Br. The van der Waals surface area contributed by atoms with Gasteiger partial charge < -0.3 is 4.42 Å². The summed E-state index contributed by atoms with van der Waals surface area (Å²) in [6.45, 7) is 0. The molecule has 0 saturated carbocycles. The average Bonchev–Trinajstić information content (AvgIpc) is 2.76. The second-order valence-corrected chi connectivity index (χ2v) is 4.95. The third-order valence-electron chi connectivity index (χ3n) is 2.57. The summed E-state index contributed by atoms with van der Waals surface area (Å²) in [4.78, 5) is 10.5. The maximum absolute atomic E-state index is 10.9. The predicted octanol–water partition coefficient (Wildman–Crippen LogP) is 4.47. The van der Waals surface area contributed by atoms with E-state index in [1.165, 1.54) is 12.3 Å². The molecule has 1 heterocycles. The Bertz CT molecular complexity index is 570. The van der Waals surface area contributed by atoms with E-state index in [1.807, 2.05) is 0 Å². The zero-order valence-corrected chi connectivity index (χ0v) is 11.5. The summed E-state index contributed by atoms with van der Waals surface area (Å²) < 4.78 is 5.66. The van der Waals surface area contributed by atoms with Crippen LogP contribution in [0.15, 0.2) is 45.7 Å². The van der Waals surface area contributed by atoms with Crippen LogP contribution in [0.5, 0.6) is 0 Å². The van der Waals surface area contributed by atoms with Crippen molar-refractivity contribution >= 4 is 33.2 Å². The van der Waals surface area contributed by atoms with E-state index in [-0.39, 0.29) is 11.1 Å². The Kier molecular flexibility index (Phi) is 4.04. The van der Waals surface area contributed by atoms with Crippen molar-refractivity contribution in [3.05, 3.63) is 62.5 Å². The van der Waals surface area contributed by atoms with Crippen LogP contribution in [-0.2, 0) is 6.42 Å². The molecule has 2 rings (SSSR count). The maximum atomic E-state index is 10.9. The number of nitro benzene ring substituents is 1. The number of halogens is 2. The summed E-state index contributed by atoms with van der Waals surface area (Å²) in [5.74, 6) is 0. The van der Waals surface area contributed by atoms with Crippen LogP contribution in [-0.4, -0.2) is 4.92 Å². The molecule has 0 aliphatic carbocycles. The molecule has 0 aliphatic rings. The molecule has 0 aliphatic heterocycles. The third-order valence-corrected chi connectivity index (χ3v) is 3.61. The first-order valence-electron chi connectivity index (χ1n) is 5.19. The summed E-state index contributed by atoms with van der Waals surface area (Å²) in [5, 5.41) is 10.5. The van der Waals surface area contributed by atoms with Crippen LogP contribution in [0.1, 0.15) is 16.5 Å². The highest BCUT2D eigenvalue weighted by Gasteiger charge is 2.19. The Hall–Kier alpha value is -1.33. The van der Waals surface area contributed by atoms with Gasteiger partial charge in [-0.1, -0.05) is 18.2 Å². The van der Waals surface area contributed by atoms with Gasteiger partial charge in [0, 0.05) is 17.2 Å². The van der Waals surface area contributed by atoms with Gasteiger partial charge in [-0.25, -0.2) is 0 Å². The second-order valence-electron chi connectivity index (χ2n) is 3.71. The van der Waals surface area contributed by atoms with Crippen LogP contribution < -0.4 is 0 Å². The van der Waals surface area contributed by atoms with E-state index < -0.39 is 4.92 Å². The number of alkyl halides is 1. The number of rotatable bonds is 4. The fraction of sp³-hybridized carbons (Fsp3) is 0.167. The summed E-state index contributed by atoms with van der Waals surface area (Å²) in [5.41, 5.74) is 1.48. The van der Waals surface area contributed by atoms with Gasteiger partial charge >= 0.3 is 0 Å². The largest absolute Gasteiger partial charge is 0.457 e. The van der Waals surface area contributed by atoms with Crippen molar-refractivity contribution < 1.29 is 9.34 Å². The van der Waals surface area contributed by atoms with Crippen molar-refractivity contribution in [2.45, 2.75) is 11.8 Å². The highest BCUT2D eigenvalue weighted by molar-refractivity contribution is 9.10. The zero-order chi connectivity index (χ0) is 13.1. The molecule has 0 bridgehead atoms. The monoisotopic (exact) mass is 329 g/mol. The number of hydrogen-bond acceptors (Lipinski definition) is 3. The van der Waals surface area contributed by atoms with E-state index in [9.17, 15) is 10.1 Å². The molecule has 1 atom stereocenters. The minimum Gasteiger partial charge on any atom is -0.457 e. The Labute approximate surface area is 117 Å². The van der Waals surface area contributed by atoms with Gasteiger partial charge in [0.15, 0.2) is 4.67 Å². The van der Waals surface area contributed by atoms with E-state index in [0.717, 1.165) is 5.56 Å². The minimum absolute atomic E-state index is 0.0859. The molecule has 0 radical (unpaired) electrons. The lowest BCUT2D eigenvalue weighted by Gasteiger charge is -2.08. The molecule has 94 valence electrons. The summed E-state index contributed by atoms with van der Waals surface area (Å²) in [6.07, 6.45) is 1.89. The lowest BCUT2D eigenvalue weighted by atomic mass is 10.0. The lowest BCUT2D eigenvalue weighted by molar-refractivity contribution is -0.385. The molecule has 1 aromatic heterocycles. The number of furan rings is 1. The van der Waals surface area contributed by atoms with E-state index in [0.29, 0.717) is 16.7 Å². The molecule has 0 amide bonds. The van der Waals surface area contributed by atoms with E-state index in [4.69, 9.17) is 16.0 Å². The van der Waals surface area contributed by atoms with E-state index in [1.54, 1.807) is 24.3 Å². The van der Waals surface area contributed by atoms with Gasteiger partial charge in [0.1, 0.15) is 0 Å². The Balaban J connectivity index is 2.25. The quantitative estimate of drug-likeness (QED) is 0.472. The molecule has 6 heteroatoms. The van der Waals surface area contributed by atoms with Crippen LogP contribution in [0, 0.1) is 10.1 Å². The van der Waals surface area contributed by atoms with Crippen molar-refractivity contribution in [1.82, 2.24) is 0 Å². The van der Waals surface area contributed by atoms with E-state index in [2.05, 4.69) is 15.9 Å². The summed E-state index contributed by atoms with van der Waals surface area (Å²) >= 11 is 9.49. The molecule has 1 unspecified atom stereocenters. The number of para-hydroxylation sites is 1. The Morgan fingerprint density at radius 1 is 1.39 bits per heavy atom. The van der Waals surface area contributed by atoms with E-state index >= 15 is 0 Å². The molecule has 0 fully saturated rings.